The molecule has 0 saturated carbocycles. The standard InChI is InChI=1S/C16H24N2O2/c1-6-18(11-16(20)17(4)5)10-15(19)14-8-7-12(2)13(3)9-14/h7-9H,6,10-11H2,1-5H3. The predicted molar refractivity (Wildman–Crippen MR) is 81.1 cm³/mol. The lowest BCUT2D eigenvalue weighted by Crippen LogP contribution is -2.39. The Morgan fingerprint density at radius 1 is 1.05 bits per heavy atom. The van der Waals surface area contributed by atoms with Crippen LogP contribution in [0.5, 0.6) is 0 Å². The van der Waals surface area contributed by atoms with Crippen LogP contribution < -0.4 is 0 Å². The average molecular weight is 276 g/mol. The van der Waals surface area contributed by atoms with Crippen LogP contribution in [0.3, 0.4) is 0 Å². The van der Waals surface area contributed by atoms with Crippen LogP contribution in [0.2, 0.25) is 0 Å². The summed E-state index contributed by atoms with van der Waals surface area (Å²) in [6, 6.07) is 5.73. The van der Waals surface area contributed by atoms with E-state index in [2.05, 4.69) is 0 Å². The van der Waals surface area contributed by atoms with Crippen LogP contribution in [0.4, 0.5) is 0 Å². The van der Waals surface area contributed by atoms with Crippen molar-refractivity contribution in [2.75, 3.05) is 33.7 Å². The number of nitrogens with zero attached hydrogens (tertiary/aromatic N) is 2. The molecule has 0 spiro atoms. The zero-order chi connectivity index (χ0) is 15.3. The fourth-order valence-corrected chi connectivity index (χ4v) is 1.82. The molecule has 0 atom stereocenters. The highest BCUT2D eigenvalue weighted by Crippen LogP contribution is 2.11. The molecule has 110 valence electrons. The van der Waals surface area contributed by atoms with E-state index in [1.54, 1.807) is 19.0 Å². The molecule has 0 N–H and O–H groups in total. The molecule has 1 amide bonds. The van der Waals surface area contributed by atoms with E-state index < -0.39 is 0 Å². The highest BCUT2D eigenvalue weighted by Gasteiger charge is 2.15. The van der Waals surface area contributed by atoms with Crippen LogP contribution >= 0.6 is 0 Å². The zero-order valence-corrected chi connectivity index (χ0v) is 13.1. The van der Waals surface area contributed by atoms with Gasteiger partial charge in [0.15, 0.2) is 5.78 Å². The fourth-order valence-electron chi connectivity index (χ4n) is 1.82. The molecule has 0 aliphatic rings. The summed E-state index contributed by atoms with van der Waals surface area (Å²) in [6.45, 7) is 7.21. The maximum atomic E-state index is 12.3. The van der Waals surface area contributed by atoms with Gasteiger partial charge in [0, 0.05) is 19.7 Å². The first-order valence-corrected chi connectivity index (χ1v) is 6.88. The molecule has 20 heavy (non-hydrogen) atoms. The average Bonchev–Trinajstić information content (AvgIpc) is 2.40. The first kappa shape index (κ1) is 16.4. The summed E-state index contributed by atoms with van der Waals surface area (Å²) in [5, 5.41) is 0. The maximum absolute atomic E-state index is 12.3. The van der Waals surface area contributed by atoms with Gasteiger partial charge in [0.25, 0.3) is 0 Å². The van der Waals surface area contributed by atoms with Crippen LogP contribution in [-0.2, 0) is 4.79 Å². The molecule has 0 aromatic heterocycles. The number of carbonyl (C=O) groups excluding carboxylic acids is 2. The molecule has 0 radical (unpaired) electrons. The molecule has 0 bridgehead atoms. The summed E-state index contributed by atoms with van der Waals surface area (Å²) < 4.78 is 0. The highest BCUT2D eigenvalue weighted by molar-refractivity contribution is 5.98. The Balaban J connectivity index is 2.71. The SMILES string of the molecule is CCN(CC(=O)c1ccc(C)c(C)c1)CC(=O)N(C)C. The quantitative estimate of drug-likeness (QED) is 0.745. The lowest BCUT2D eigenvalue weighted by Gasteiger charge is -2.21. The van der Waals surface area contributed by atoms with Crippen molar-refractivity contribution in [2.45, 2.75) is 20.8 Å². The minimum atomic E-state index is 0.0136. The molecule has 1 rings (SSSR count). The van der Waals surface area contributed by atoms with Crippen LogP contribution in [0, 0.1) is 13.8 Å². The topological polar surface area (TPSA) is 40.6 Å². The van der Waals surface area contributed by atoms with Crippen LogP contribution in [0.15, 0.2) is 18.2 Å². The van der Waals surface area contributed by atoms with Gasteiger partial charge in [0.05, 0.1) is 13.1 Å². The number of carbonyl (C=O) groups is 2. The molecule has 0 aliphatic carbocycles. The number of amides is 1. The number of benzene rings is 1. The third kappa shape index (κ3) is 4.46. The largest absolute Gasteiger partial charge is 0.348 e. The van der Waals surface area contributed by atoms with Crippen molar-refractivity contribution >= 4 is 11.7 Å². The third-order valence-corrected chi connectivity index (χ3v) is 3.50. The highest BCUT2D eigenvalue weighted by atomic mass is 16.2. The Hall–Kier alpha value is -1.68. The summed E-state index contributed by atoms with van der Waals surface area (Å²) in [5.41, 5.74) is 3.00. The number of hydrogen-bond donors (Lipinski definition) is 0. The Morgan fingerprint density at radius 3 is 2.20 bits per heavy atom. The second kappa shape index (κ2) is 7.20. The Labute approximate surface area is 121 Å². The molecule has 4 nitrogen and oxygen atoms in total. The zero-order valence-electron chi connectivity index (χ0n) is 13.1. The van der Waals surface area contributed by atoms with E-state index in [1.165, 1.54) is 5.56 Å². The summed E-state index contributed by atoms with van der Waals surface area (Å²) in [5.74, 6) is 0.0706. The van der Waals surface area contributed by atoms with Gasteiger partial charge < -0.3 is 4.90 Å². The van der Waals surface area contributed by atoms with E-state index in [0.29, 0.717) is 12.1 Å². The molecule has 0 heterocycles. The molecular weight excluding hydrogens is 252 g/mol. The first-order valence-electron chi connectivity index (χ1n) is 6.88. The van der Waals surface area contributed by atoms with Gasteiger partial charge in [-0.05, 0) is 37.6 Å². The number of Topliss-reactive ketones (excluding diaryl/α,β-unsaturated/α-hetero) is 1. The minimum Gasteiger partial charge on any atom is -0.348 e. The molecule has 4 heteroatoms. The molecule has 0 unspecified atom stereocenters. The van der Waals surface area contributed by atoms with Crippen molar-refractivity contribution in [3.63, 3.8) is 0 Å². The van der Waals surface area contributed by atoms with Crippen molar-refractivity contribution in [2.24, 2.45) is 0 Å². The number of rotatable bonds is 6. The molecule has 0 fully saturated rings. The number of ketones is 1. The van der Waals surface area contributed by atoms with Crippen molar-refractivity contribution in [1.29, 1.82) is 0 Å². The first-order chi connectivity index (χ1) is 9.35. The van der Waals surface area contributed by atoms with Crippen LogP contribution in [-0.4, -0.2) is 55.2 Å². The molecule has 0 aliphatic heterocycles. The van der Waals surface area contributed by atoms with Gasteiger partial charge in [-0.15, -0.1) is 0 Å². The Morgan fingerprint density at radius 2 is 1.70 bits per heavy atom. The Bertz CT molecular complexity index is 495. The lowest BCUT2D eigenvalue weighted by molar-refractivity contribution is -0.129. The monoisotopic (exact) mass is 276 g/mol. The van der Waals surface area contributed by atoms with E-state index in [4.69, 9.17) is 0 Å². The third-order valence-electron chi connectivity index (χ3n) is 3.50. The second-order valence-electron chi connectivity index (χ2n) is 5.31. The van der Waals surface area contributed by atoms with E-state index >= 15 is 0 Å². The van der Waals surface area contributed by atoms with E-state index in [1.807, 2.05) is 43.9 Å². The lowest BCUT2D eigenvalue weighted by atomic mass is 10.0. The van der Waals surface area contributed by atoms with Crippen molar-refractivity contribution in [1.82, 2.24) is 9.80 Å². The van der Waals surface area contributed by atoms with Crippen LogP contribution in [0.1, 0.15) is 28.4 Å². The van der Waals surface area contributed by atoms with Gasteiger partial charge in [-0.1, -0.05) is 19.1 Å². The number of aryl methyl sites for hydroxylation is 2. The van der Waals surface area contributed by atoms with E-state index in [9.17, 15) is 9.59 Å². The summed E-state index contributed by atoms with van der Waals surface area (Å²) in [6.07, 6.45) is 0. The smallest absolute Gasteiger partial charge is 0.236 e. The van der Waals surface area contributed by atoms with Crippen molar-refractivity contribution in [3.8, 4) is 0 Å². The van der Waals surface area contributed by atoms with E-state index in [-0.39, 0.29) is 24.8 Å². The molecule has 1 aromatic rings. The van der Waals surface area contributed by atoms with Gasteiger partial charge in [-0.3, -0.25) is 14.5 Å². The Kier molecular flexibility index (Phi) is 5.89. The molecular formula is C16H24N2O2. The van der Waals surface area contributed by atoms with Gasteiger partial charge >= 0.3 is 0 Å². The van der Waals surface area contributed by atoms with Gasteiger partial charge in [0.2, 0.25) is 5.91 Å². The predicted octanol–water partition coefficient (Wildman–Crippen LogP) is 1.90. The number of likely N-dealkylation sites (N-methyl/N-ethyl adjacent to an activating group) is 2. The normalized spacial score (nSPS) is 10.7. The van der Waals surface area contributed by atoms with Gasteiger partial charge in [-0.2, -0.15) is 0 Å². The fraction of sp³-hybridized carbons (Fsp3) is 0.500. The number of hydrogen-bond acceptors (Lipinski definition) is 3. The van der Waals surface area contributed by atoms with Crippen molar-refractivity contribution < 1.29 is 9.59 Å². The van der Waals surface area contributed by atoms with Gasteiger partial charge in [-0.25, -0.2) is 0 Å². The maximum Gasteiger partial charge on any atom is 0.236 e. The molecule has 1 aromatic carbocycles. The molecule has 0 saturated heterocycles. The van der Waals surface area contributed by atoms with E-state index in [0.717, 1.165) is 5.56 Å². The summed E-state index contributed by atoms with van der Waals surface area (Å²) in [7, 11) is 3.45. The second-order valence-corrected chi connectivity index (χ2v) is 5.31. The summed E-state index contributed by atoms with van der Waals surface area (Å²) >= 11 is 0. The summed E-state index contributed by atoms with van der Waals surface area (Å²) in [4.78, 5) is 27.4. The van der Waals surface area contributed by atoms with Crippen molar-refractivity contribution in [3.05, 3.63) is 34.9 Å². The minimum absolute atomic E-state index is 0.0136. The van der Waals surface area contributed by atoms with Crippen LogP contribution in [0.25, 0.3) is 0 Å². The van der Waals surface area contributed by atoms with Gasteiger partial charge in [0.1, 0.15) is 0 Å².